The van der Waals surface area contributed by atoms with Gasteiger partial charge < -0.3 is 0 Å². The number of hydrogen-bond donors (Lipinski definition) is 0. The Morgan fingerprint density at radius 3 is 2.11 bits per heavy atom. The van der Waals surface area contributed by atoms with Crippen LogP contribution in [0.1, 0.15) is 34.7 Å². The van der Waals surface area contributed by atoms with Gasteiger partial charge in [-0.1, -0.05) is 86.6 Å². The molecule has 0 atom stereocenters. The molecule has 7 aromatic rings. The Labute approximate surface area is 261 Å². The third-order valence-corrected chi connectivity index (χ3v) is 8.65. The fourth-order valence-electron chi connectivity index (χ4n) is 6.25. The van der Waals surface area contributed by atoms with Crippen molar-refractivity contribution in [2.45, 2.75) is 26.1 Å². The molecule has 44 heavy (non-hydrogen) atoms. The Morgan fingerprint density at radius 1 is 0.614 bits per heavy atom. The van der Waals surface area contributed by atoms with Crippen LogP contribution in [0, 0.1) is 6.85 Å². The van der Waals surface area contributed by atoms with E-state index >= 15 is 0 Å². The molecule has 0 saturated carbocycles. The third kappa shape index (κ3) is 4.16. The van der Waals surface area contributed by atoms with Crippen LogP contribution >= 0.6 is 0 Å². The summed E-state index contributed by atoms with van der Waals surface area (Å²) in [5, 5.41) is 5.91. The number of pyridine rings is 1. The summed E-state index contributed by atoms with van der Waals surface area (Å²) in [5.41, 5.74) is 7.85. The highest BCUT2D eigenvalue weighted by molar-refractivity contribution is 6.09. The molecule has 0 bridgehead atoms. The Morgan fingerprint density at radius 2 is 1.30 bits per heavy atom. The Bertz CT molecular complexity index is 2280. The molecule has 5 nitrogen and oxygen atoms in total. The third-order valence-electron chi connectivity index (χ3n) is 8.65. The lowest BCUT2D eigenvalue weighted by atomic mass is 9.77. The van der Waals surface area contributed by atoms with Gasteiger partial charge in [0.1, 0.15) is 5.82 Å². The van der Waals surface area contributed by atoms with Gasteiger partial charge in [-0.15, -0.1) is 4.94 Å². The van der Waals surface area contributed by atoms with E-state index in [1.54, 1.807) is 18.3 Å². The van der Waals surface area contributed by atoms with Gasteiger partial charge in [-0.3, -0.25) is 4.57 Å². The average Bonchev–Trinajstić information content (AvgIpc) is 3.65. The first kappa shape index (κ1) is 23.1. The van der Waals surface area contributed by atoms with Gasteiger partial charge >= 0.3 is 0 Å². The molecule has 1 aliphatic rings. The average molecular weight is 576 g/mol. The van der Waals surface area contributed by atoms with Crippen LogP contribution < -0.4 is 10.1 Å². The van der Waals surface area contributed by atoms with Crippen LogP contribution in [0.5, 0.6) is 0 Å². The van der Waals surface area contributed by atoms with Crippen molar-refractivity contribution in [1.82, 2.24) is 9.55 Å². The summed E-state index contributed by atoms with van der Waals surface area (Å²) in [6, 6.07) is 44.7. The highest BCUT2D eigenvalue weighted by Gasteiger charge is 2.31. The molecule has 5 aromatic carbocycles. The van der Waals surface area contributed by atoms with Crippen molar-refractivity contribution >= 4 is 44.6 Å². The highest BCUT2D eigenvalue weighted by Crippen LogP contribution is 2.46. The minimum atomic E-state index is -2.23. The summed E-state index contributed by atoms with van der Waals surface area (Å²) in [7, 11) is 0. The quantitative estimate of drug-likeness (QED) is 0.205. The molecule has 0 unspecified atom stereocenters. The molecule has 0 fully saturated rings. The lowest BCUT2D eigenvalue weighted by Crippen LogP contribution is -2.22. The first-order valence-corrected chi connectivity index (χ1v) is 14.7. The fraction of sp³-hybridized carbons (Fsp3) is 0.103. The monoisotopic (exact) mass is 575 g/mol. The van der Waals surface area contributed by atoms with E-state index in [-0.39, 0.29) is 5.56 Å². The van der Waals surface area contributed by atoms with Gasteiger partial charge in [-0.25, -0.2) is 4.98 Å². The number of aryl methyl sites for hydroxylation is 1. The van der Waals surface area contributed by atoms with Gasteiger partial charge in [-0.05, 0) is 84.2 Å². The van der Waals surface area contributed by atoms with Crippen LogP contribution in [0.4, 0.5) is 22.7 Å². The number of fused-ring (bicyclic) bond motifs is 4. The number of nitrogens with zero attached hydrogens (tertiary/aromatic N) is 4. The standard InChI is InChI=1S/C39H32N4O/c1-27-22-23-40-38(24-27)41-34-17-8-7-16-32(34)33-21-20-29(26-37(33)41)39(2,3)28-12-11-15-31(25-28)43-36-19-10-9-18-35(36)42(44-43)30-13-5-4-6-14-30/h4-26H,1-3H3/i1D3. The van der Waals surface area contributed by atoms with Crippen molar-refractivity contribution in [3.05, 3.63) is 156 Å². The SMILES string of the molecule is [2H]C([2H])([2H])c1ccnc(-n2c3ccccc3c3ccc(C(C)(C)c4cccc(N5ON(c6ccccc6)c6ccccc65)c4)cc32)c1. The second kappa shape index (κ2) is 10.1. The van der Waals surface area contributed by atoms with Crippen LogP contribution in [0.15, 0.2) is 140 Å². The molecule has 0 amide bonds. The lowest BCUT2D eigenvalue weighted by Gasteiger charge is -2.28. The zero-order chi connectivity index (χ0) is 32.3. The summed E-state index contributed by atoms with van der Waals surface area (Å²) in [5.74, 6) is 0.578. The van der Waals surface area contributed by atoms with Crippen LogP contribution in [-0.4, -0.2) is 9.55 Å². The molecule has 3 heterocycles. The van der Waals surface area contributed by atoms with Crippen LogP contribution in [0.25, 0.3) is 27.6 Å². The van der Waals surface area contributed by atoms with E-state index in [4.69, 9.17) is 9.05 Å². The van der Waals surface area contributed by atoms with Crippen molar-refractivity contribution in [2.75, 3.05) is 10.1 Å². The van der Waals surface area contributed by atoms with Crippen molar-refractivity contribution in [3.8, 4) is 5.82 Å². The molecule has 0 radical (unpaired) electrons. The molecule has 0 aliphatic carbocycles. The number of anilines is 4. The van der Waals surface area contributed by atoms with Crippen molar-refractivity contribution < 1.29 is 9.05 Å². The minimum Gasteiger partial charge on any atom is -0.294 e. The highest BCUT2D eigenvalue weighted by atomic mass is 16.8. The summed E-state index contributed by atoms with van der Waals surface area (Å²) in [6.45, 7) is 2.22. The maximum Gasteiger partial charge on any atom is 0.137 e. The number of hydrogen-bond acceptors (Lipinski definition) is 4. The molecule has 0 spiro atoms. The molecule has 5 heteroatoms. The van der Waals surface area contributed by atoms with Crippen LogP contribution in [0.2, 0.25) is 0 Å². The summed E-state index contributed by atoms with van der Waals surface area (Å²) >= 11 is 0. The molecule has 0 saturated heterocycles. The van der Waals surface area contributed by atoms with Gasteiger partial charge in [0.15, 0.2) is 0 Å². The predicted octanol–water partition coefficient (Wildman–Crippen LogP) is 9.95. The largest absolute Gasteiger partial charge is 0.294 e. The number of rotatable bonds is 5. The molecule has 8 rings (SSSR count). The van der Waals surface area contributed by atoms with Gasteiger partial charge in [0.25, 0.3) is 0 Å². The van der Waals surface area contributed by atoms with Crippen LogP contribution in [0.3, 0.4) is 0 Å². The first-order chi connectivity index (χ1) is 22.7. The summed E-state index contributed by atoms with van der Waals surface area (Å²) < 4.78 is 26.0. The zero-order valence-electron chi connectivity index (χ0n) is 27.5. The van der Waals surface area contributed by atoms with E-state index in [2.05, 4.69) is 90.1 Å². The van der Waals surface area contributed by atoms with E-state index in [1.807, 2.05) is 64.7 Å². The second-order valence-electron chi connectivity index (χ2n) is 11.7. The van der Waals surface area contributed by atoms with Crippen LogP contribution in [-0.2, 0) is 10.4 Å². The number of benzene rings is 5. The molecule has 214 valence electrons. The topological polar surface area (TPSA) is 33.5 Å². The summed E-state index contributed by atoms with van der Waals surface area (Å²) in [6.07, 6.45) is 1.58. The van der Waals surface area contributed by atoms with E-state index in [9.17, 15) is 0 Å². The summed E-state index contributed by atoms with van der Waals surface area (Å²) in [4.78, 5) is 11.1. The van der Waals surface area contributed by atoms with Crippen molar-refractivity contribution in [2.24, 2.45) is 0 Å². The maximum atomic E-state index is 7.99. The Balaban J connectivity index is 1.22. The molecule has 0 N–H and O–H groups in total. The zero-order valence-corrected chi connectivity index (χ0v) is 24.5. The van der Waals surface area contributed by atoms with E-state index in [0.717, 1.165) is 55.7 Å². The van der Waals surface area contributed by atoms with Gasteiger partial charge in [0.2, 0.25) is 0 Å². The smallest absolute Gasteiger partial charge is 0.137 e. The molecular formula is C39H32N4O. The maximum absolute atomic E-state index is 7.99. The minimum absolute atomic E-state index is 0.262. The van der Waals surface area contributed by atoms with E-state index < -0.39 is 12.3 Å². The number of aromatic nitrogens is 2. The predicted molar refractivity (Wildman–Crippen MR) is 180 cm³/mol. The van der Waals surface area contributed by atoms with Crippen molar-refractivity contribution in [3.63, 3.8) is 0 Å². The second-order valence-corrected chi connectivity index (χ2v) is 11.7. The van der Waals surface area contributed by atoms with E-state index in [0.29, 0.717) is 5.82 Å². The molecule has 2 aromatic heterocycles. The van der Waals surface area contributed by atoms with E-state index in [1.165, 1.54) is 0 Å². The molecule has 1 aliphatic heterocycles. The lowest BCUT2D eigenvalue weighted by molar-refractivity contribution is 0.156. The number of para-hydroxylation sites is 4. The fourth-order valence-corrected chi connectivity index (χ4v) is 6.25. The van der Waals surface area contributed by atoms with Gasteiger partial charge in [0, 0.05) is 26.5 Å². The Hall–Kier alpha value is -5.39. The Kier molecular flexibility index (Phi) is 5.31. The first-order valence-electron chi connectivity index (χ1n) is 16.2. The van der Waals surface area contributed by atoms with Crippen molar-refractivity contribution in [1.29, 1.82) is 0 Å². The normalized spacial score (nSPS) is 14.5. The van der Waals surface area contributed by atoms with Gasteiger partial charge in [-0.2, -0.15) is 10.1 Å². The molecular weight excluding hydrogens is 540 g/mol. The van der Waals surface area contributed by atoms with Gasteiger partial charge in [0.05, 0.1) is 33.8 Å².